The van der Waals surface area contributed by atoms with Crippen LogP contribution in [-0.4, -0.2) is 45.2 Å². The van der Waals surface area contributed by atoms with Gasteiger partial charge in [0.05, 0.1) is 24.7 Å². The van der Waals surface area contributed by atoms with Gasteiger partial charge in [-0.3, -0.25) is 18.7 Å². The quantitative estimate of drug-likeness (QED) is 0.571. The van der Waals surface area contributed by atoms with Crippen molar-refractivity contribution in [1.82, 2.24) is 19.0 Å². The molecule has 2 aromatic heterocycles. The van der Waals surface area contributed by atoms with Crippen molar-refractivity contribution in [2.45, 2.75) is 20.4 Å². The van der Waals surface area contributed by atoms with Crippen LogP contribution in [0.1, 0.15) is 29.8 Å². The molecule has 0 bridgehead atoms. The van der Waals surface area contributed by atoms with E-state index in [1.165, 1.54) is 30.9 Å². The Morgan fingerprint density at radius 2 is 1.84 bits per heavy atom. The molecule has 31 heavy (non-hydrogen) atoms. The van der Waals surface area contributed by atoms with Gasteiger partial charge in [-0.2, -0.15) is 0 Å². The second-order valence-corrected chi connectivity index (χ2v) is 7.04. The molecule has 2 heterocycles. The molecule has 0 radical (unpaired) electrons. The molecule has 3 rings (SSSR count). The first kappa shape index (κ1) is 22.1. The van der Waals surface area contributed by atoms with E-state index >= 15 is 0 Å². The van der Waals surface area contributed by atoms with Crippen LogP contribution in [0.3, 0.4) is 0 Å². The van der Waals surface area contributed by atoms with Crippen molar-refractivity contribution in [2.24, 2.45) is 14.1 Å². The lowest BCUT2D eigenvalue weighted by molar-refractivity contribution is 0.0752. The summed E-state index contributed by atoms with van der Waals surface area (Å²) >= 11 is 0. The Bertz CT molecular complexity index is 1250. The number of rotatable bonds is 7. The van der Waals surface area contributed by atoms with Crippen molar-refractivity contribution in [3.05, 3.63) is 62.4 Å². The lowest BCUT2D eigenvalue weighted by Crippen LogP contribution is -2.37. The van der Waals surface area contributed by atoms with E-state index in [9.17, 15) is 14.4 Å². The Hall–Kier alpha value is -3.62. The molecule has 1 amide bonds. The largest absolute Gasteiger partial charge is 0.493 e. The zero-order valence-corrected chi connectivity index (χ0v) is 18.3. The molecule has 0 unspecified atom stereocenters. The van der Waals surface area contributed by atoms with Gasteiger partial charge in [-0.25, -0.2) is 9.78 Å². The van der Waals surface area contributed by atoms with E-state index in [2.05, 4.69) is 4.98 Å². The standard InChI is InChI=1S/C22H26N4O5/c1-6-26(13-14-8-9-17(31-7-2)18(10-14)30-5)20(27)15-11-16-19(23-12-15)24(3)22(29)25(4)21(16)28/h8-12H,6-7,13H2,1-5H3. The number of benzene rings is 1. The summed E-state index contributed by atoms with van der Waals surface area (Å²) in [5, 5.41) is 0.217. The number of hydrogen-bond donors (Lipinski definition) is 0. The fourth-order valence-corrected chi connectivity index (χ4v) is 3.40. The molecule has 0 aliphatic carbocycles. The molecule has 0 aliphatic heterocycles. The number of carbonyl (C=O) groups excluding carboxylic acids is 1. The average molecular weight is 426 g/mol. The van der Waals surface area contributed by atoms with E-state index < -0.39 is 11.2 Å². The van der Waals surface area contributed by atoms with Gasteiger partial charge in [0.25, 0.3) is 11.5 Å². The third-order valence-electron chi connectivity index (χ3n) is 5.11. The molecule has 1 aromatic carbocycles. The molecule has 0 saturated carbocycles. The van der Waals surface area contributed by atoms with Gasteiger partial charge in [-0.05, 0) is 37.6 Å². The van der Waals surface area contributed by atoms with Crippen molar-refractivity contribution < 1.29 is 14.3 Å². The van der Waals surface area contributed by atoms with Crippen LogP contribution in [0.15, 0.2) is 40.1 Å². The first-order valence-corrected chi connectivity index (χ1v) is 9.97. The van der Waals surface area contributed by atoms with Crippen LogP contribution in [0.25, 0.3) is 11.0 Å². The Morgan fingerprint density at radius 1 is 1.10 bits per heavy atom. The topological polar surface area (TPSA) is 95.7 Å². The predicted octanol–water partition coefficient (Wildman–Crippen LogP) is 1.70. The van der Waals surface area contributed by atoms with Crippen LogP contribution in [-0.2, 0) is 20.6 Å². The van der Waals surface area contributed by atoms with Crippen LogP contribution >= 0.6 is 0 Å². The van der Waals surface area contributed by atoms with Crippen molar-refractivity contribution in [3.8, 4) is 11.5 Å². The summed E-state index contributed by atoms with van der Waals surface area (Å²) < 4.78 is 13.2. The molecular formula is C22H26N4O5. The van der Waals surface area contributed by atoms with Gasteiger partial charge < -0.3 is 14.4 Å². The molecule has 0 saturated heterocycles. The van der Waals surface area contributed by atoms with E-state index in [1.807, 2.05) is 32.0 Å². The fraction of sp³-hybridized carbons (Fsp3) is 0.364. The number of methoxy groups -OCH3 is 1. The van der Waals surface area contributed by atoms with Crippen LogP contribution in [0, 0.1) is 0 Å². The Kier molecular flexibility index (Phi) is 6.43. The number of nitrogens with zero attached hydrogens (tertiary/aromatic N) is 4. The molecule has 9 nitrogen and oxygen atoms in total. The summed E-state index contributed by atoms with van der Waals surface area (Å²) in [4.78, 5) is 43.6. The van der Waals surface area contributed by atoms with Gasteiger partial charge in [-0.15, -0.1) is 0 Å². The smallest absolute Gasteiger partial charge is 0.332 e. The Labute approximate surface area is 179 Å². The SMILES string of the molecule is CCOc1ccc(CN(CC)C(=O)c2cnc3c(c2)c(=O)n(C)c(=O)n3C)cc1OC. The third-order valence-corrected chi connectivity index (χ3v) is 5.11. The molecule has 164 valence electrons. The van der Waals surface area contributed by atoms with Crippen molar-refractivity contribution in [1.29, 1.82) is 0 Å². The average Bonchev–Trinajstić information content (AvgIpc) is 2.79. The molecule has 0 fully saturated rings. The monoisotopic (exact) mass is 426 g/mol. The number of aryl methyl sites for hydroxylation is 1. The van der Waals surface area contributed by atoms with Crippen LogP contribution < -0.4 is 20.7 Å². The highest BCUT2D eigenvalue weighted by Gasteiger charge is 2.19. The van der Waals surface area contributed by atoms with E-state index in [0.717, 1.165) is 10.1 Å². The van der Waals surface area contributed by atoms with E-state index in [4.69, 9.17) is 9.47 Å². The number of ether oxygens (including phenoxy) is 2. The van der Waals surface area contributed by atoms with Gasteiger partial charge >= 0.3 is 5.69 Å². The highest BCUT2D eigenvalue weighted by molar-refractivity contribution is 5.96. The number of pyridine rings is 1. The summed E-state index contributed by atoms with van der Waals surface area (Å²) in [6, 6.07) is 7.03. The number of aromatic nitrogens is 3. The van der Waals surface area contributed by atoms with E-state index in [0.29, 0.717) is 31.2 Å². The summed E-state index contributed by atoms with van der Waals surface area (Å²) in [7, 11) is 4.51. The summed E-state index contributed by atoms with van der Waals surface area (Å²) in [5.41, 5.74) is 0.442. The maximum absolute atomic E-state index is 13.1. The maximum atomic E-state index is 13.1. The first-order chi connectivity index (χ1) is 14.8. The number of fused-ring (bicyclic) bond motifs is 1. The minimum absolute atomic E-state index is 0.217. The number of hydrogen-bond acceptors (Lipinski definition) is 6. The summed E-state index contributed by atoms with van der Waals surface area (Å²) in [6.45, 7) is 5.10. The molecule has 0 aliphatic rings. The lowest BCUT2D eigenvalue weighted by atomic mass is 10.1. The predicted molar refractivity (Wildman–Crippen MR) is 117 cm³/mol. The second-order valence-electron chi connectivity index (χ2n) is 7.04. The van der Waals surface area contributed by atoms with Crippen LogP contribution in [0.2, 0.25) is 0 Å². The highest BCUT2D eigenvalue weighted by Crippen LogP contribution is 2.28. The minimum Gasteiger partial charge on any atom is -0.493 e. The van der Waals surface area contributed by atoms with Crippen molar-refractivity contribution in [2.75, 3.05) is 20.3 Å². The summed E-state index contributed by atoms with van der Waals surface area (Å²) in [5.74, 6) is 0.976. The van der Waals surface area contributed by atoms with Gasteiger partial charge in [0, 0.05) is 33.4 Å². The molecule has 3 aromatic rings. The molecule has 0 N–H and O–H groups in total. The van der Waals surface area contributed by atoms with Gasteiger partial charge in [0.15, 0.2) is 11.5 Å². The summed E-state index contributed by atoms with van der Waals surface area (Å²) in [6.07, 6.45) is 1.39. The Morgan fingerprint density at radius 3 is 2.48 bits per heavy atom. The van der Waals surface area contributed by atoms with Gasteiger partial charge in [0.1, 0.15) is 5.65 Å². The van der Waals surface area contributed by atoms with Crippen molar-refractivity contribution >= 4 is 16.9 Å². The van der Waals surface area contributed by atoms with Crippen molar-refractivity contribution in [3.63, 3.8) is 0 Å². The second kappa shape index (κ2) is 9.03. The number of carbonyl (C=O) groups is 1. The third kappa shape index (κ3) is 4.16. The Balaban J connectivity index is 1.94. The molecule has 0 atom stereocenters. The van der Waals surface area contributed by atoms with E-state index in [-0.39, 0.29) is 22.5 Å². The normalized spacial score (nSPS) is 10.9. The minimum atomic E-state index is -0.487. The zero-order chi connectivity index (χ0) is 22.7. The van der Waals surface area contributed by atoms with Gasteiger partial charge in [0.2, 0.25) is 0 Å². The first-order valence-electron chi connectivity index (χ1n) is 9.97. The fourth-order valence-electron chi connectivity index (χ4n) is 3.40. The van der Waals surface area contributed by atoms with Crippen LogP contribution in [0.5, 0.6) is 11.5 Å². The maximum Gasteiger partial charge on any atom is 0.332 e. The zero-order valence-electron chi connectivity index (χ0n) is 18.3. The van der Waals surface area contributed by atoms with Gasteiger partial charge in [-0.1, -0.05) is 6.07 Å². The molecule has 0 spiro atoms. The lowest BCUT2D eigenvalue weighted by Gasteiger charge is -2.22. The van der Waals surface area contributed by atoms with E-state index in [1.54, 1.807) is 12.0 Å². The number of amides is 1. The van der Waals surface area contributed by atoms with Crippen LogP contribution in [0.4, 0.5) is 0 Å². The highest BCUT2D eigenvalue weighted by atomic mass is 16.5. The molecular weight excluding hydrogens is 400 g/mol. The molecule has 9 heteroatoms.